The summed E-state index contributed by atoms with van der Waals surface area (Å²) in [5.41, 5.74) is 3.82. The Balaban J connectivity index is 1.38. The number of aryl methyl sites for hydroxylation is 4. The van der Waals surface area contributed by atoms with Crippen LogP contribution >= 0.6 is 0 Å². The van der Waals surface area contributed by atoms with Crippen LogP contribution in [-0.4, -0.2) is 66.3 Å². The van der Waals surface area contributed by atoms with Gasteiger partial charge in [-0.3, -0.25) is 9.78 Å². The molecule has 1 N–H and O–H groups in total. The van der Waals surface area contributed by atoms with Gasteiger partial charge in [0.25, 0.3) is 5.56 Å². The molecule has 38 heavy (non-hydrogen) atoms. The zero-order valence-corrected chi connectivity index (χ0v) is 22.1. The summed E-state index contributed by atoms with van der Waals surface area (Å²) < 4.78 is 23.6. The summed E-state index contributed by atoms with van der Waals surface area (Å²) in [5.74, 6) is 1.08. The molecule has 0 saturated heterocycles. The largest absolute Gasteiger partial charge is 0.491 e. The first-order valence-electron chi connectivity index (χ1n) is 12.7. The van der Waals surface area contributed by atoms with Crippen molar-refractivity contribution in [3.05, 3.63) is 73.9 Å². The third kappa shape index (κ3) is 7.03. The summed E-state index contributed by atoms with van der Waals surface area (Å²) in [5, 5.41) is 0. The minimum Gasteiger partial charge on any atom is -0.491 e. The minimum atomic E-state index is -0.673. The van der Waals surface area contributed by atoms with Gasteiger partial charge < -0.3 is 23.5 Å². The third-order valence-electron chi connectivity index (χ3n) is 6.27. The van der Waals surface area contributed by atoms with Gasteiger partial charge in [-0.25, -0.2) is 9.78 Å². The summed E-state index contributed by atoms with van der Waals surface area (Å²) in [6, 6.07) is 12.0. The van der Waals surface area contributed by atoms with Gasteiger partial charge in [-0.2, -0.15) is 4.98 Å². The van der Waals surface area contributed by atoms with Crippen LogP contribution in [0, 0.1) is 13.8 Å². The van der Waals surface area contributed by atoms with Crippen molar-refractivity contribution in [1.29, 1.82) is 0 Å². The quantitative estimate of drug-likeness (QED) is 0.198. The van der Waals surface area contributed by atoms with E-state index < -0.39 is 11.2 Å². The molecule has 0 amide bonds. The molecule has 2 heterocycles. The number of hydrogen-bond donors (Lipinski definition) is 1. The van der Waals surface area contributed by atoms with E-state index in [0.29, 0.717) is 57.5 Å². The van der Waals surface area contributed by atoms with Gasteiger partial charge in [0.05, 0.1) is 44.1 Å². The molecule has 202 valence electrons. The number of nitrogens with zero attached hydrogens (tertiary/aromatic N) is 3. The average molecular weight is 523 g/mol. The normalized spacial score (nSPS) is 11.4. The highest BCUT2D eigenvalue weighted by Crippen LogP contribution is 2.24. The predicted molar refractivity (Wildman–Crippen MR) is 144 cm³/mol. The summed E-state index contributed by atoms with van der Waals surface area (Å²) in [7, 11) is 1.64. The minimum absolute atomic E-state index is 0.166. The van der Waals surface area contributed by atoms with Crippen molar-refractivity contribution in [3.63, 3.8) is 0 Å². The molecule has 2 aliphatic rings. The average Bonchev–Trinajstić information content (AvgIpc) is 2.89. The molecule has 2 aliphatic heterocycles. The van der Waals surface area contributed by atoms with Crippen LogP contribution in [0.15, 0.2) is 46.0 Å². The van der Waals surface area contributed by atoms with Crippen LogP contribution in [0.1, 0.15) is 23.1 Å². The molecular formula is C28H34N4O6. The van der Waals surface area contributed by atoms with Gasteiger partial charge in [0.2, 0.25) is 0 Å². The molecule has 0 saturated carbocycles. The second kappa shape index (κ2) is 13.3. The van der Waals surface area contributed by atoms with Gasteiger partial charge in [-0.1, -0.05) is 12.1 Å². The Morgan fingerprint density at radius 1 is 0.895 bits per heavy atom. The molecule has 0 atom stereocenters. The maximum Gasteiger partial charge on any atom is 0.349 e. The summed E-state index contributed by atoms with van der Waals surface area (Å²) in [4.78, 5) is 35.3. The van der Waals surface area contributed by atoms with Gasteiger partial charge in [0.15, 0.2) is 11.5 Å². The Hall–Kier alpha value is -3.60. The van der Waals surface area contributed by atoms with Crippen molar-refractivity contribution in [1.82, 2.24) is 19.5 Å². The Labute approximate surface area is 220 Å². The number of ether oxygens (including phenoxy) is 4. The fourth-order valence-corrected chi connectivity index (χ4v) is 4.19. The Morgan fingerprint density at radius 2 is 1.63 bits per heavy atom. The van der Waals surface area contributed by atoms with E-state index in [2.05, 4.69) is 21.0 Å². The van der Waals surface area contributed by atoms with Gasteiger partial charge in [-0.15, -0.1) is 0 Å². The maximum absolute atomic E-state index is 12.5. The predicted octanol–water partition coefficient (Wildman–Crippen LogP) is 2.89. The van der Waals surface area contributed by atoms with Crippen molar-refractivity contribution in [3.8, 4) is 17.3 Å². The van der Waals surface area contributed by atoms with Crippen molar-refractivity contribution < 1.29 is 18.9 Å². The van der Waals surface area contributed by atoms with Crippen molar-refractivity contribution in [2.45, 2.75) is 33.2 Å². The van der Waals surface area contributed by atoms with E-state index in [1.54, 1.807) is 7.11 Å². The molecular weight excluding hydrogens is 488 g/mol. The number of H-pyrrole nitrogens is 1. The lowest BCUT2D eigenvalue weighted by molar-refractivity contribution is 0.0179. The Morgan fingerprint density at radius 3 is 2.42 bits per heavy atom. The van der Waals surface area contributed by atoms with Crippen LogP contribution in [0.5, 0.6) is 5.75 Å². The number of nitrogens with one attached hydrogen (secondary N) is 1. The smallest absolute Gasteiger partial charge is 0.349 e. The molecule has 0 radical (unpaired) electrons. The lowest BCUT2D eigenvalue weighted by atomic mass is 10.1. The molecule has 0 bridgehead atoms. The number of fused-ring (bicyclic) bond motifs is 2. The second-order valence-electron chi connectivity index (χ2n) is 9.05. The van der Waals surface area contributed by atoms with Gasteiger partial charge in [0, 0.05) is 13.7 Å². The highest BCUT2D eigenvalue weighted by Gasteiger charge is 2.19. The fraction of sp³-hybridized carbons (Fsp3) is 0.429. The van der Waals surface area contributed by atoms with Crippen LogP contribution in [0.4, 0.5) is 0 Å². The zero-order valence-electron chi connectivity index (χ0n) is 22.1. The summed E-state index contributed by atoms with van der Waals surface area (Å²) in [6.45, 7) is 7.70. The second-order valence-corrected chi connectivity index (χ2v) is 9.05. The van der Waals surface area contributed by atoms with E-state index in [1.165, 1.54) is 0 Å². The lowest BCUT2D eigenvalue weighted by Gasteiger charge is -2.18. The molecule has 0 fully saturated rings. The highest BCUT2D eigenvalue weighted by atomic mass is 16.6. The molecule has 10 heteroatoms. The molecule has 2 aromatic rings. The van der Waals surface area contributed by atoms with E-state index in [1.807, 2.05) is 48.7 Å². The lowest BCUT2D eigenvalue weighted by Crippen LogP contribution is -2.29. The SMILES string of the molecule is COCCOCCOCCOc1cccc(CCCn2c3nc(=O)[nH]c(=O)c-3nc3cc(C)c(C)cc32)c1. The Bertz CT molecular complexity index is 1450. The number of aromatic amines is 1. The van der Waals surface area contributed by atoms with E-state index in [0.717, 1.165) is 40.8 Å². The molecule has 10 nitrogen and oxygen atoms in total. The molecule has 0 aliphatic carbocycles. The highest BCUT2D eigenvalue weighted by molar-refractivity contribution is 5.81. The van der Waals surface area contributed by atoms with Crippen LogP contribution in [-0.2, 0) is 27.2 Å². The molecule has 2 aromatic carbocycles. The van der Waals surface area contributed by atoms with Crippen molar-refractivity contribution in [2.24, 2.45) is 0 Å². The fourth-order valence-electron chi connectivity index (χ4n) is 4.19. The monoisotopic (exact) mass is 522 g/mol. The molecule has 0 unspecified atom stereocenters. The van der Waals surface area contributed by atoms with E-state index >= 15 is 0 Å². The van der Waals surface area contributed by atoms with Gasteiger partial charge in [0.1, 0.15) is 12.4 Å². The summed E-state index contributed by atoms with van der Waals surface area (Å²) >= 11 is 0. The molecule has 4 rings (SSSR count). The summed E-state index contributed by atoms with van der Waals surface area (Å²) in [6.07, 6.45) is 1.55. The number of hydrogen-bond acceptors (Lipinski definition) is 8. The number of rotatable bonds is 14. The molecule has 0 spiro atoms. The first-order valence-corrected chi connectivity index (χ1v) is 12.7. The number of aromatic nitrogens is 4. The van der Waals surface area contributed by atoms with E-state index in [4.69, 9.17) is 18.9 Å². The Kier molecular flexibility index (Phi) is 9.58. The van der Waals surface area contributed by atoms with Crippen molar-refractivity contribution >= 4 is 11.0 Å². The molecule has 0 aromatic heterocycles. The number of methoxy groups -OCH3 is 1. The zero-order chi connectivity index (χ0) is 26.9. The van der Waals surface area contributed by atoms with E-state index in [9.17, 15) is 9.59 Å². The maximum atomic E-state index is 12.5. The standard InChI is InChI=1S/C28H34N4O6/c1-19-16-23-24(17-20(19)2)32(26-25(29-23)27(33)31-28(34)30-26)9-5-7-21-6-4-8-22(18-21)38-15-14-37-13-12-36-11-10-35-3/h4,6,8,16-18H,5,7,9-15H2,1-3H3,(H,31,33,34). The van der Waals surface area contributed by atoms with Crippen LogP contribution in [0.2, 0.25) is 0 Å². The number of benzene rings is 2. The first kappa shape index (κ1) is 27.4. The third-order valence-corrected chi connectivity index (χ3v) is 6.27. The first-order chi connectivity index (χ1) is 18.5. The van der Waals surface area contributed by atoms with Crippen LogP contribution in [0.25, 0.3) is 22.6 Å². The van der Waals surface area contributed by atoms with E-state index in [-0.39, 0.29) is 5.69 Å². The topological polar surface area (TPSA) is 118 Å². The van der Waals surface area contributed by atoms with Crippen LogP contribution in [0.3, 0.4) is 0 Å². The van der Waals surface area contributed by atoms with Crippen LogP contribution < -0.4 is 16.0 Å². The van der Waals surface area contributed by atoms with Gasteiger partial charge >= 0.3 is 5.69 Å². The van der Waals surface area contributed by atoms with Gasteiger partial charge in [-0.05, 0) is 67.6 Å². The van der Waals surface area contributed by atoms with Crippen molar-refractivity contribution in [2.75, 3.05) is 46.8 Å².